The Kier molecular flexibility index (Phi) is 5.82. The van der Waals surface area contributed by atoms with Crippen LogP contribution in [0.2, 0.25) is 0 Å². The second kappa shape index (κ2) is 10.4. The fourth-order valence-corrected chi connectivity index (χ4v) is 9.39. The van der Waals surface area contributed by atoms with Crippen molar-refractivity contribution in [2.45, 2.75) is 19.3 Å². The van der Waals surface area contributed by atoms with E-state index < -0.39 is 0 Å². The second-order valence-electron chi connectivity index (χ2n) is 14.8. The zero-order valence-corrected chi connectivity index (χ0v) is 28.7. The monoisotopic (exact) mass is 646 g/mol. The van der Waals surface area contributed by atoms with E-state index in [0.717, 1.165) is 0 Å². The molecule has 0 radical (unpaired) electrons. The number of fused-ring (bicyclic) bond motifs is 5. The number of hydrogen-bond acceptors (Lipinski definition) is 0. The average Bonchev–Trinajstić information content (AvgIpc) is 3.41. The molecular formula is C51H34. The van der Waals surface area contributed by atoms with Gasteiger partial charge in [0.15, 0.2) is 0 Å². The van der Waals surface area contributed by atoms with Crippen molar-refractivity contribution in [2.75, 3.05) is 0 Å². The Labute approximate surface area is 297 Å². The van der Waals surface area contributed by atoms with Crippen LogP contribution >= 0.6 is 0 Å². The summed E-state index contributed by atoms with van der Waals surface area (Å²) in [5, 5.41) is 13.0. The molecule has 10 aromatic rings. The minimum absolute atomic E-state index is 0.0719. The van der Waals surface area contributed by atoms with Crippen LogP contribution in [0.1, 0.15) is 25.0 Å². The summed E-state index contributed by atoms with van der Waals surface area (Å²) in [6.07, 6.45) is 0. The molecule has 0 saturated heterocycles. The van der Waals surface area contributed by atoms with Gasteiger partial charge in [-0.1, -0.05) is 172 Å². The molecule has 51 heavy (non-hydrogen) atoms. The lowest BCUT2D eigenvalue weighted by atomic mass is 9.80. The maximum atomic E-state index is 2.48. The molecule has 10 aromatic carbocycles. The summed E-state index contributed by atoms with van der Waals surface area (Å²) >= 11 is 0. The molecule has 1 aliphatic carbocycles. The van der Waals surface area contributed by atoms with Crippen LogP contribution in [0.15, 0.2) is 170 Å². The molecule has 1 aliphatic rings. The third kappa shape index (κ3) is 3.96. The topological polar surface area (TPSA) is 0 Å². The molecule has 11 rings (SSSR count). The smallest absolute Gasteiger partial charge is 0.0159 e. The summed E-state index contributed by atoms with van der Waals surface area (Å²) in [5.41, 5.74) is 13.1. The van der Waals surface area contributed by atoms with Crippen molar-refractivity contribution in [3.8, 4) is 44.5 Å². The minimum atomic E-state index is -0.0719. The molecule has 0 heterocycles. The molecule has 0 spiro atoms. The molecule has 0 amide bonds. The Morgan fingerprint density at radius 2 is 0.804 bits per heavy atom. The molecule has 0 aliphatic heterocycles. The minimum Gasteiger partial charge on any atom is -0.0619 e. The van der Waals surface area contributed by atoms with Gasteiger partial charge in [-0.2, -0.15) is 0 Å². The van der Waals surface area contributed by atoms with Gasteiger partial charge in [-0.25, -0.2) is 0 Å². The van der Waals surface area contributed by atoms with E-state index in [2.05, 4.69) is 184 Å². The highest BCUT2D eigenvalue weighted by atomic mass is 14.4. The highest BCUT2D eigenvalue weighted by Crippen LogP contribution is 2.52. The van der Waals surface area contributed by atoms with Gasteiger partial charge in [-0.3, -0.25) is 0 Å². The maximum Gasteiger partial charge on any atom is 0.0159 e. The van der Waals surface area contributed by atoms with E-state index in [1.165, 1.54) is 109 Å². The van der Waals surface area contributed by atoms with Gasteiger partial charge in [0.05, 0.1) is 0 Å². The lowest BCUT2D eigenvalue weighted by Gasteiger charge is -2.23. The first-order valence-corrected chi connectivity index (χ1v) is 18.0. The molecule has 0 aromatic heterocycles. The fraction of sp³-hybridized carbons (Fsp3) is 0.0588. The van der Waals surface area contributed by atoms with Crippen molar-refractivity contribution in [3.63, 3.8) is 0 Å². The van der Waals surface area contributed by atoms with Crippen molar-refractivity contribution < 1.29 is 0 Å². The first-order valence-electron chi connectivity index (χ1n) is 18.0. The van der Waals surface area contributed by atoms with Crippen molar-refractivity contribution in [2.24, 2.45) is 0 Å². The molecular weight excluding hydrogens is 613 g/mol. The summed E-state index contributed by atoms with van der Waals surface area (Å²) in [5.74, 6) is 0. The summed E-state index contributed by atoms with van der Waals surface area (Å²) in [6, 6.07) is 63.8. The van der Waals surface area contributed by atoms with Crippen LogP contribution < -0.4 is 0 Å². The summed E-state index contributed by atoms with van der Waals surface area (Å²) < 4.78 is 0. The molecule has 0 fully saturated rings. The lowest BCUT2D eigenvalue weighted by Crippen LogP contribution is -2.14. The van der Waals surface area contributed by atoms with Gasteiger partial charge < -0.3 is 0 Å². The van der Waals surface area contributed by atoms with E-state index in [1.807, 2.05) is 0 Å². The standard InChI is InChI=1S/C51H34/c1-51(2)47-20-8-7-17-40(47)41-25-23-34(29-48(41)51)45-30-46(38-19-10-14-32-12-4-6-16-36(32)38)44-26-22-33-21-24-39(42-27-28-43(45)50(44)49(33)42)37-18-9-13-31-11-3-5-15-35(31)37/h3-30H,1-2H3. The molecule has 238 valence electrons. The van der Waals surface area contributed by atoms with E-state index >= 15 is 0 Å². The summed E-state index contributed by atoms with van der Waals surface area (Å²) in [4.78, 5) is 0. The second-order valence-corrected chi connectivity index (χ2v) is 14.8. The molecule has 0 nitrogen and oxygen atoms in total. The SMILES string of the molecule is CC1(C)c2ccccc2-c2ccc(-c3cc(-c4cccc5ccccc45)c4ccc5ccc(-c6cccc7ccccc67)c6ccc3c4c56)cc21. The van der Waals surface area contributed by atoms with Crippen LogP contribution in [0.25, 0.3) is 98.4 Å². The molecule has 0 N–H and O–H groups in total. The van der Waals surface area contributed by atoms with Crippen LogP contribution in [-0.4, -0.2) is 0 Å². The van der Waals surface area contributed by atoms with Crippen LogP contribution in [0.4, 0.5) is 0 Å². The van der Waals surface area contributed by atoms with Gasteiger partial charge in [0.1, 0.15) is 0 Å². The van der Waals surface area contributed by atoms with Crippen LogP contribution in [0.3, 0.4) is 0 Å². The number of rotatable bonds is 3. The van der Waals surface area contributed by atoms with Crippen LogP contribution in [-0.2, 0) is 5.41 Å². The van der Waals surface area contributed by atoms with E-state index in [9.17, 15) is 0 Å². The number of hydrogen-bond donors (Lipinski definition) is 0. The Bertz CT molecular complexity index is 3040. The van der Waals surface area contributed by atoms with Gasteiger partial charge in [0, 0.05) is 5.41 Å². The Morgan fingerprint density at radius 1 is 0.294 bits per heavy atom. The van der Waals surface area contributed by atoms with Crippen LogP contribution in [0.5, 0.6) is 0 Å². The maximum absolute atomic E-state index is 2.48. The highest BCUT2D eigenvalue weighted by Gasteiger charge is 2.35. The first-order chi connectivity index (χ1) is 25.1. The summed E-state index contributed by atoms with van der Waals surface area (Å²) in [6.45, 7) is 4.75. The predicted molar refractivity (Wildman–Crippen MR) is 219 cm³/mol. The van der Waals surface area contributed by atoms with Gasteiger partial charge in [0.2, 0.25) is 0 Å². The van der Waals surface area contributed by atoms with Gasteiger partial charge in [-0.05, 0) is 122 Å². The lowest BCUT2D eigenvalue weighted by molar-refractivity contribution is 0.660. The number of benzene rings is 10. The molecule has 0 unspecified atom stereocenters. The Morgan fingerprint density at radius 3 is 1.57 bits per heavy atom. The molecule has 0 saturated carbocycles. The van der Waals surface area contributed by atoms with Gasteiger partial charge in [0.25, 0.3) is 0 Å². The Hall–Kier alpha value is -6.24. The van der Waals surface area contributed by atoms with E-state index in [4.69, 9.17) is 0 Å². The van der Waals surface area contributed by atoms with Crippen molar-refractivity contribution in [1.29, 1.82) is 0 Å². The quantitative estimate of drug-likeness (QED) is 0.168. The normalized spacial score (nSPS) is 13.5. The van der Waals surface area contributed by atoms with Crippen molar-refractivity contribution >= 4 is 53.9 Å². The van der Waals surface area contributed by atoms with Gasteiger partial charge in [-0.15, -0.1) is 0 Å². The molecule has 0 bridgehead atoms. The van der Waals surface area contributed by atoms with E-state index in [0.29, 0.717) is 0 Å². The molecule has 0 atom stereocenters. The third-order valence-corrected chi connectivity index (χ3v) is 11.8. The zero-order valence-electron chi connectivity index (χ0n) is 28.7. The average molecular weight is 647 g/mol. The van der Waals surface area contributed by atoms with Crippen molar-refractivity contribution in [3.05, 3.63) is 181 Å². The fourth-order valence-electron chi connectivity index (χ4n) is 9.39. The Balaban J connectivity index is 1.26. The zero-order chi connectivity index (χ0) is 33.8. The van der Waals surface area contributed by atoms with Crippen LogP contribution in [0, 0.1) is 0 Å². The van der Waals surface area contributed by atoms with E-state index in [-0.39, 0.29) is 5.41 Å². The van der Waals surface area contributed by atoms with Crippen molar-refractivity contribution in [1.82, 2.24) is 0 Å². The highest BCUT2D eigenvalue weighted by molar-refractivity contribution is 6.31. The predicted octanol–water partition coefficient (Wildman–Crippen LogP) is 14.2. The van der Waals surface area contributed by atoms with Gasteiger partial charge >= 0.3 is 0 Å². The largest absolute Gasteiger partial charge is 0.0619 e. The van der Waals surface area contributed by atoms with E-state index in [1.54, 1.807) is 0 Å². The first kappa shape index (κ1) is 28.6. The molecule has 0 heteroatoms. The summed E-state index contributed by atoms with van der Waals surface area (Å²) in [7, 11) is 0. The third-order valence-electron chi connectivity index (χ3n) is 11.8.